The highest BCUT2D eigenvalue weighted by Crippen LogP contribution is 2.38. The number of anilines is 1. The minimum absolute atomic E-state index is 0.0251. The first-order valence-electron chi connectivity index (χ1n) is 7.08. The van der Waals surface area contributed by atoms with E-state index in [1.807, 2.05) is 27.7 Å². The van der Waals surface area contributed by atoms with E-state index in [1.165, 1.54) is 6.08 Å². The van der Waals surface area contributed by atoms with Gasteiger partial charge in [0.1, 0.15) is 11.6 Å². The zero-order valence-electron chi connectivity index (χ0n) is 13.2. The van der Waals surface area contributed by atoms with Gasteiger partial charge in [0.15, 0.2) is 0 Å². The summed E-state index contributed by atoms with van der Waals surface area (Å²) in [4.78, 5) is 0. The molecule has 7 heteroatoms. The molecule has 22 heavy (non-hydrogen) atoms. The van der Waals surface area contributed by atoms with Crippen molar-refractivity contribution in [1.29, 1.82) is 0 Å². The Hall–Kier alpha value is -1.44. The maximum Gasteiger partial charge on any atom is 0.491 e. The molecule has 1 aliphatic rings. The summed E-state index contributed by atoms with van der Waals surface area (Å²) in [7, 11) is -0.744. The molecule has 0 saturated carbocycles. The zero-order valence-corrected chi connectivity index (χ0v) is 13.2. The predicted molar refractivity (Wildman–Crippen MR) is 83.9 cm³/mol. The SMILES string of the molecule is CC1(C)OB(C(=Cc2c(F)cc(N)cc2F)CN)OC1(C)C. The lowest BCUT2D eigenvalue weighted by Crippen LogP contribution is -2.41. The number of hydrogen-bond acceptors (Lipinski definition) is 4. The summed E-state index contributed by atoms with van der Waals surface area (Å²) < 4.78 is 39.5. The molecular weight excluding hydrogens is 289 g/mol. The molecule has 1 fully saturated rings. The van der Waals surface area contributed by atoms with E-state index in [4.69, 9.17) is 20.8 Å². The lowest BCUT2D eigenvalue weighted by Gasteiger charge is -2.32. The van der Waals surface area contributed by atoms with E-state index in [0.717, 1.165) is 12.1 Å². The summed E-state index contributed by atoms with van der Waals surface area (Å²) in [5.74, 6) is -1.50. The molecule has 2 rings (SSSR count). The molecule has 1 aromatic carbocycles. The Kier molecular flexibility index (Phi) is 4.34. The third-order valence-corrected chi connectivity index (χ3v) is 4.22. The van der Waals surface area contributed by atoms with Gasteiger partial charge < -0.3 is 20.8 Å². The van der Waals surface area contributed by atoms with Crippen molar-refractivity contribution in [2.45, 2.75) is 38.9 Å². The molecule has 0 aromatic heterocycles. The molecule has 4 N–H and O–H groups in total. The van der Waals surface area contributed by atoms with Crippen LogP contribution in [0.4, 0.5) is 14.5 Å². The lowest BCUT2D eigenvalue weighted by atomic mass is 9.77. The Morgan fingerprint density at radius 1 is 1.14 bits per heavy atom. The molecule has 0 amide bonds. The van der Waals surface area contributed by atoms with Crippen LogP contribution >= 0.6 is 0 Å². The monoisotopic (exact) mass is 310 g/mol. The second kappa shape index (κ2) is 5.64. The second-order valence-electron chi connectivity index (χ2n) is 6.41. The van der Waals surface area contributed by atoms with E-state index in [9.17, 15) is 8.78 Å². The van der Waals surface area contributed by atoms with Gasteiger partial charge in [-0.15, -0.1) is 0 Å². The van der Waals surface area contributed by atoms with Crippen LogP contribution in [0.25, 0.3) is 6.08 Å². The van der Waals surface area contributed by atoms with Crippen LogP contribution in [0.2, 0.25) is 0 Å². The van der Waals surface area contributed by atoms with Gasteiger partial charge >= 0.3 is 7.12 Å². The van der Waals surface area contributed by atoms with Crippen LogP contribution in [0.3, 0.4) is 0 Å². The molecule has 1 saturated heterocycles. The summed E-state index contributed by atoms with van der Waals surface area (Å²) in [5.41, 5.74) is 10.3. The van der Waals surface area contributed by atoms with E-state index in [-0.39, 0.29) is 17.8 Å². The first kappa shape index (κ1) is 16.9. The molecule has 1 aromatic rings. The third-order valence-electron chi connectivity index (χ3n) is 4.22. The smallest absolute Gasteiger partial charge is 0.400 e. The second-order valence-corrected chi connectivity index (χ2v) is 6.41. The summed E-state index contributed by atoms with van der Waals surface area (Å²) in [6.07, 6.45) is 1.33. The fourth-order valence-electron chi connectivity index (χ4n) is 2.14. The van der Waals surface area contributed by atoms with Crippen molar-refractivity contribution in [3.05, 3.63) is 34.8 Å². The van der Waals surface area contributed by atoms with Crippen molar-refractivity contribution >= 4 is 18.9 Å². The third kappa shape index (κ3) is 3.02. The minimum Gasteiger partial charge on any atom is -0.400 e. The Labute approximate surface area is 129 Å². The van der Waals surface area contributed by atoms with Crippen molar-refractivity contribution in [3.63, 3.8) is 0 Å². The summed E-state index contributed by atoms with van der Waals surface area (Å²) in [5, 5.41) is 0. The van der Waals surface area contributed by atoms with Crippen LogP contribution in [0.5, 0.6) is 0 Å². The van der Waals surface area contributed by atoms with Crippen molar-refractivity contribution in [2.24, 2.45) is 5.73 Å². The first-order chi connectivity index (χ1) is 10.1. The van der Waals surface area contributed by atoms with E-state index in [0.29, 0.717) is 5.47 Å². The maximum absolute atomic E-state index is 13.9. The van der Waals surface area contributed by atoms with Gasteiger partial charge in [-0.05, 0) is 45.3 Å². The van der Waals surface area contributed by atoms with Crippen molar-refractivity contribution < 1.29 is 18.1 Å². The molecule has 0 radical (unpaired) electrons. The van der Waals surface area contributed by atoms with Crippen LogP contribution < -0.4 is 11.5 Å². The molecule has 1 aliphatic heterocycles. The number of nitrogen functional groups attached to an aromatic ring is 1. The van der Waals surface area contributed by atoms with E-state index in [2.05, 4.69) is 0 Å². The number of halogens is 2. The van der Waals surface area contributed by atoms with Crippen LogP contribution in [-0.4, -0.2) is 24.9 Å². The van der Waals surface area contributed by atoms with Crippen molar-refractivity contribution in [3.8, 4) is 0 Å². The van der Waals surface area contributed by atoms with Gasteiger partial charge in [0.05, 0.1) is 11.2 Å². The topological polar surface area (TPSA) is 70.5 Å². The van der Waals surface area contributed by atoms with Gasteiger partial charge in [-0.25, -0.2) is 8.78 Å². The Balaban J connectivity index is 2.38. The van der Waals surface area contributed by atoms with Crippen LogP contribution in [0.15, 0.2) is 17.6 Å². The highest BCUT2D eigenvalue weighted by atomic mass is 19.1. The van der Waals surface area contributed by atoms with Gasteiger partial charge in [-0.2, -0.15) is 0 Å². The summed E-state index contributed by atoms with van der Waals surface area (Å²) in [6, 6.07) is 2.13. The lowest BCUT2D eigenvalue weighted by molar-refractivity contribution is 0.00578. The number of nitrogens with two attached hydrogens (primary N) is 2. The first-order valence-corrected chi connectivity index (χ1v) is 7.08. The maximum atomic E-state index is 13.9. The highest BCUT2D eigenvalue weighted by molar-refractivity contribution is 6.55. The Morgan fingerprint density at radius 3 is 2.00 bits per heavy atom. The van der Waals surface area contributed by atoms with E-state index < -0.39 is 30.0 Å². The largest absolute Gasteiger partial charge is 0.491 e. The quantitative estimate of drug-likeness (QED) is 0.665. The van der Waals surface area contributed by atoms with Gasteiger partial charge in [0.2, 0.25) is 0 Å². The van der Waals surface area contributed by atoms with Crippen LogP contribution in [0, 0.1) is 11.6 Å². The molecule has 0 bridgehead atoms. The number of rotatable bonds is 3. The van der Waals surface area contributed by atoms with Gasteiger partial charge in [0, 0.05) is 17.8 Å². The molecule has 0 spiro atoms. The molecule has 0 unspecified atom stereocenters. The van der Waals surface area contributed by atoms with E-state index >= 15 is 0 Å². The average molecular weight is 310 g/mol. The van der Waals surface area contributed by atoms with E-state index in [1.54, 1.807) is 0 Å². The molecule has 1 heterocycles. The number of hydrogen-bond donors (Lipinski definition) is 2. The Bertz CT molecular complexity index is 579. The molecule has 0 aliphatic carbocycles. The average Bonchev–Trinajstić information content (AvgIpc) is 2.57. The van der Waals surface area contributed by atoms with Crippen LogP contribution in [0.1, 0.15) is 33.3 Å². The fourth-order valence-corrected chi connectivity index (χ4v) is 2.14. The summed E-state index contributed by atoms with van der Waals surface area (Å²) in [6.45, 7) is 7.63. The zero-order chi connectivity index (χ0) is 16.7. The van der Waals surface area contributed by atoms with Crippen molar-refractivity contribution in [1.82, 2.24) is 0 Å². The molecular formula is C15H21BF2N2O2. The molecule has 4 nitrogen and oxygen atoms in total. The summed E-state index contributed by atoms with van der Waals surface area (Å²) >= 11 is 0. The predicted octanol–water partition coefficient (Wildman–Crippen LogP) is 2.52. The van der Waals surface area contributed by atoms with Crippen LogP contribution in [-0.2, 0) is 9.31 Å². The molecule has 120 valence electrons. The Morgan fingerprint density at radius 2 is 1.59 bits per heavy atom. The molecule has 0 atom stereocenters. The minimum atomic E-state index is -0.750. The van der Waals surface area contributed by atoms with Gasteiger partial charge in [-0.3, -0.25) is 0 Å². The van der Waals surface area contributed by atoms with Gasteiger partial charge in [0.25, 0.3) is 0 Å². The standard InChI is InChI=1S/C15H21BF2N2O2/c1-14(2)15(3,4)22-16(21-14)9(8-19)5-11-12(17)6-10(20)7-13(11)18/h5-7H,8,19-20H2,1-4H3. The van der Waals surface area contributed by atoms with Gasteiger partial charge in [-0.1, -0.05) is 6.08 Å². The normalized spacial score (nSPS) is 20.5. The van der Waals surface area contributed by atoms with Crippen molar-refractivity contribution in [2.75, 3.05) is 12.3 Å². The fraction of sp³-hybridized carbons (Fsp3) is 0.467. The highest BCUT2D eigenvalue weighted by Gasteiger charge is 2.52. The number of benzene rings is 1.